The third kappa shape index (κ3) is 4.33. The van der Waals surface area contributed by atoms with Crippen molar-refractivity contribution in [2.75, 3.05) is 5.32 Å². The molecule has 0 bridgehead atoms. The van der Waals surface area contributed by atoms with Gasteiger partial charge in [-0.1, -0.05) is 31.0 Å². The van der Waals surface area contributed by atoms with Crippen LogP contribution in [0.4, 0.5) is 10.1 Å². The van der Waals surface area contributed by atoms with Crippen LogP contribution in [0.1, 0.15) is 25.7 Å². The maximum atomic E-state index is 13.9. The van der Waals surface area contributed by atoms with E-state index in [4.69, 9.17) is 0 Å². The summed E-state index contributed by atoms with van der Waals surface area (Å²) in [7, 11) is 0. The molecular formula is C31H25FN6O. The Morgan fingerprint density at radius 1 is 0.846 bits per heavy atom. The van der Waals surface area contributed by atoms with Gasteiger partial charge in [0.15, 0.2) is 0 Å². The molecule has 1 amide bonds. The Bertz CT molecular complexity index is 1850. The molecule has 3 N–H and O–H groups in total. The van der Waals surface area contributed by atoms with E-state index in [-0.39, 0.29) is 17.6 Å². The second-order valence-corrected chi connectivity index (χ2v) is 10.1. The van der Waals surface area contributed by atoms with Crippen LogP contribution in [0, 0.1) is 11.7 Å². The summed E-state index contributed by atoms with van der Waals surface area (Å²) in [6.45, 7) is 0. The fraction of sp³-hybridized carbons (Fsp3) is 0.161. The number of carbonyl (C=O) groups is 1. The number of halogens is 1. The number of pyridine rings is 2. The van der Waals surface area contributed by atoms with Gasteiger partial charge in [-0.3, -0.25) is 19.9 Å². The summed E-state index contributed by atoms with van der Waals surface area (Å²) in [4.78, 5) is 24.8. The van der Waals surface area contributed by atoms with Gasteiger partial charge in [-0.15, -0.1) is 0 Å². The molecule has 192 valence electrons. The van der Waals surface area contributed by atoms with Crippen LogP contribution in [-0.2, 0) is 4.79 Å². The van der Waals surface area contributed by atoms with E-state index >= 15 is 0 Å². The molecule has 0 spiro atoms. The monoisotopic (exact) mass is 516 g/mol. The molecule has 0 saturated heterocycles. The number of nitrogens with zero attached hydrogens (tertiary/aromatic N) is 3. The molecule has 2 aromatic carbocycles. The number of aromatic nitrogens is 5. The van der Waals surface area contributed by atoms with Gasteiger partial charge in [0, 0.05) is 40.2 Å². The maximum absolute atomic E-state index is 13.9. The molecular weight excluding hydrogens is 491 g/mol. The van der Waals surface area contributed by atoms with E-state index in [1.807, 2.05) is 30.3 Å². The summed E-state index contributed by atoms with van der Waals surface area (Å²) in [5, 5.41) is 12.7. The first-order valence-electron chi connectivity index (χ1n) is 13.1. The third-order valence-electron chi connectivity index (χ3n) is 7.56. The number of amides is 1. The van der Waals surface area contributed by atoms with Crippen LogP contribution in [0.2, 0.25) is 0 Å². The number of hydrogen-bond donors (Lipinski definition) is 3. The highest BCUT2D eigenvalue weighted by molar-refractivity contribution is 6.01. The van der Waals surface area contributed by atoms with Crippen LogP contribution >= 0.6 is 0 Å². The minimum absolute atomic E-state index is 0.0740. The lowest BCUT2D eigenvalue weighted by molar-refractivity contribution is -0.119. The molecule has 39 heavy (non-hydrogen) atoms. The van der Waals surface area contributed by atoms with Gasteiger partial charge in [0.25, 0.3) is 0 Å². The minimum atomic E-state index is -0.289. The Kier molecular flexibility index (Phi) is 5.65. The fourth-order valence-electron chi connectivity index (χ4n) is 5.56. The zero-order valence-corrected chi connectivity index (χ0v) is 21.0. The molecule has 8 heteroatoms. The van der Waals surface area contributed by atoms with Crippen LogP contribution < -0.4 is 5.32 Å². The van der Waals surface area contributed by atoms with E-state index in [1.54, 1.807) is 30.9 Å². The van der Waals surface area contributed by atoms with Crippen LogP contribution in [0.15, 0.2) is 79.4 Å². The molecule has 7 rings (SSSR count). The van der Waals surface area contributed by atoms with E-state index < -0.39 is 0 Å². The van der Waals surface area contributed by atoms with Crippen molar-refractivity contribution in [2.45, 2.75) is 25.7 Å². The molecule has 7 nitrogen and oxygen atoms in total. The van der Waals surface area contributed by atoms with Gasteiger partial charge < -0.3 is 10.3 Å². The second kappa shape index (κ2) is 9.47. The molecule has 4 heterocycles. The van der Waals surface area contributed by atoms with E-state index in [0.717, 1.165) is 81.1 Å². The van der Waals surface area contributed by atoms with Gasteiger partial charge in [0.1, 0.15) is 11.5 Å². The molecule has 1 aliphatic rings. The zero-order valence-electron chi connectivity index (χ0n) is 21.0. The quantitative estimate of drug-likeness (QED) is 0.227. The van der Waals surface area contributed by atoms with Gasteiger partial charge in [0.2, 0.25) is 5.91 Å². The molecule has 0 atom stereocenters. The number of anilines is 1. The van der Waals surface area contributed by atoms with E-state index in [1.165, 1.54) is 12.1 Å². The van der Waals surface area contributed by atoms with Crippen molar-refractivity contribution in [3.8, 4) is 33.6 Å². The highest BCUT2D eigenvalue weighted by atomic mass is 19.1. The Hall–Kier alpha value is -4.85. The average molecular weight is 517 g/mol. The number of benzene rings is 2. The molecule has 1 saturated carbocycles. The smallest absolute Gasteiger partial charge is 0.227 e. The van der Waals surface area contributed by atoms with Crippen molar-refractivity contribution >= 4 is 33.4 Å². The average Bonchev–Trinajstić information content (AvgIpc) is 3.72. The topological polar surface area (TPSA) is 99.3 Å². The molecule has 4 aromatic heterocycles. The van der Waals surface area contributed by atoms with Gasteiger partial charge in [0.05, 0.1) is 34.8 Å². The van der Waals surface area contributed by atoms with Gasteiger partial charge in [-0.2, -0.15) is 5.10 Å². The first kappa shape index (κ1) is 23.3. The second-order valence-electron chi connectivity index (χ2n) is 10.1. The number of fused-ring (bicyclic) bond motifs is 2. The standard InChI is InChI=1S/C31H25FN6O/c32-22-7-3-6-20(10-22)26-16-34-17-29-24(26)13-28(36-29)30-25-12-19(8-9-27(25)37-38-30)21-11-23(15-33-14-21)35-31(39)18-4-1-2-5-18/h3,6-18,36H,1-2,4-5H2,(H,35,39)(H,37,38). The van der Waals surface area contributed by atoms with E-state index in [9.17, 15) is 9.18 Å². The summed E-state index contributed by atoms with van der Waals surface area (Å²) in [6, 6.07) is 16.6. The molecule has 1 aliphatic carbocycles. The maximum Gasteiger partial charge on any atom is 0.227 e. The largest absolute Gasteiger partial charge is 0.352 e. The van der Waals surface area contributed by atoms with Crippen LogP contribution in [0.25, 0.3) is 55.4 Å². The number of hydrogen-bond acceptors (Lipinski definition) is 4. The van der Waals surface area contributed by atoms with E-state index in [0.29, 0.717) is 5.69 Å². The van der Waals surface area contributed by atoms with Crippen molar-refractivity contribution in [3.63, 3.8) is 0 Å². The summed E-state index contributed by atoms with van der Waals surface area (Å²) < 4.78 is 13.9. The fourth-order valence-corrected chi connectivity index (χ4v) is 5.56. The minimum Gasteiger partial charge on any atom is -0.352 e. The number of carbonyl (C=O) groups excluding carboxylic acids is 1. The first-order valence-corrected chi connectivity index (χ1v) is 13.1. The van der Waals surface area contributed by atoms with Crippen molar-refractivity contribution in [1.82, 2.24) is 25.1 Å². The third-order valence-corrected chi connectivity index (χ3v) is 7.56. The highest BCUT2D eigenvalue weighted by Gasteiger charge is 2.23. The van der Waals surface area contributed by atoms with Gasteiger partial charge in [-0.05, 0) is 60.4 Å². The molecule has 0 unspecified atom stereocenters. The van der Waals surface area contributed by atoms with Crippen LogP contribution in [0.5, 0.6) is 0 Å². The number of H-pyrrole nitrogens is 2. The zero-order chi connectivity index (χ0) is 26.3. The number of nitrogens with one attached hydrogen (secondary N) is 3. The van der Waals surface area contributed by atoms with Crippen LogP contribution in [-0.4, -0.2) is 31.1 Å². The van der Waals surface area contributed by atoms with E-state index in [2.05, 4.69) is 36.5 Å². The predicted molar refractivity (Wildman–Crippen MR) is 150 cm³/mol. The number of rotatable bonds is 5. The first-order chi connectivity index (χ1) is 19.1. The van der Waals surface area contributed by atoms with Crippen molar-refractivity contribution in [1.29, 1.82) is 0 Å². The summed E-state index contributed by atoms with van der Waals surface area (Å²) in [5.41, 5.74) is 7.52. The Balaban J connectivity index is 1.25. The number of aromatic amines is 2. The van der Waals surface area contributed by atoms with Gasteiger partial charge in [-0.25, -0.2) is 4.39 Å². The molecule has 6 aromatic rings. The van der Waals surface area contributed by atoms with Crippen molar-refractivity contribution in [3.05, 3.63) is 85.2 Å². The lowest BCUT2D eigenvalue weighted by Crippen LogP contribution is -2.20. The molecule has 0 aliphatic heterocycles. The lowest BCUT2D eigenvalue weighted by atomic mass is 10.0. The normalized spacial score (nSPS) is 13.9. The lowest BCUT2D eigenvalue weighted by Gasteiger charge is -2.11. The van der Waals surface area contributed by atoms with Crippen molar-refractivity contribution < 1.29 is 9.18 Å². The Morgan fingerprint density at radius 3 is 2.59 bits per heavy atom. The van der Waals surface area contributed by atoms with Gasteiger partial charge >= 0.3 is 0 Å². The summed E-state index contributed by atoms with van der Waals surface area (Å²) in [5.74, 6) is -0.126. The SMILES string of the molecule is O=C(Nc1cncc(-c2ccc3[nH]nc(-c4cc5c(-c6cccc(F)c6)cncc5[nH]4)c3c2)c1)C1CCCC1. The summed E-state index contributed by atoms with van der Waals surface area (Å²) in [6.07, 6.45) is 11.1. The Morgan fingerprint density at radius 2 is 1.72 bits per heavy atom. The highest BCUT2D eigenvalue weighted by Crippen LogP contribution is 2.35. The molecule has 1 fully saturated rings. The molecule has 0 radical (unpaired) electrons. The Labute approximate surface area is 223 Å². The summed E-state index contributed by atoms with van der Waals surface area (Å²) >= 11 is 0. The van der Waals surface area contributed by atoms with Crippen molar-refractivity contribution in [2.24, 2.45) is 5.92 Å². The predicted octanol–water partition coefficient (Wildman–Crippen LogP) is 7.10. The van der Waals surface area contributed by atoms with Crippen LogP contribution in [0.3, 0.4) is 0 Å².